The van der Waals surface area contributed by atoms with Gasteiger partial charge in [-0.15, -0.1) is 0 Å². The molecule has 1 fully saturated rings. The summed E-state index contributed by atoms with van der Waals surface area (Å²) < 4.78 is 0. The molecule has 3 atom stereocenters. The van der Waals surface area contributed by atoms with Gasteiger partial charge in [0, 0.05) is 0 Å². The molecule has 1 rings (SSSR count). The number of hydrogen-bond acceptors (Lipinski definition) is 2. The molecule has 0 aromatic carbocycles. The molecule has 2 N–H and O–H groups in total. The summed E-state index contributed by atoms with van der Waals surface area (Å²) in [5.74, 6) is -0.746. The molecule has 11 heavy (non-hydrogen) atoms. The molecule has 3 heteroatoms. The topological polar surface area (TPSA) is 57.5 Å². The molecule has 0 aliphatic heterocycles. The summed E-state index contributed by atoms with van der Waals surface area (Å²) >= 11 is 0. The van der Waals surface area contributed by atoms with Gasteiger partial charge < -0.3 is 10.2 Å². The van der Waals surface area contributed by atoms with Crippen molar-refractivity contribution < 1.29 is 15.0 Å². The van der Waals surface area contributed by atoms with Crippen LogP contribution in [-0.2, 0) is 4.79 Å². The number of aliphatic hydroxyl groups excluding tert-OH is 1. The van der Waals surface area contributed by atoms with E-state index >= 15 is 0 Å². The third-order valence-corrected chi connectivity index (χ3v) is 2.27. The van der Waals surface area contributed by atoms with Crippen molar-refractivity contribution in [2.75, 3.05) is 0 Å². The van der Waals surface area contributed by atoms with Crippen LogP contribution >= 0.6 is 0 Å². The van der Waals surface area contributed by atoms with E-state index in [1.165, 1.54) is 0 Å². The maximum Gasteiger partial charge on any atom is 0.306 e. The summed E-state index contributed by atoms with van der Waals surface area (Å²) in [6.07, 6.45) is 1.50. The highest BCUT2D eigenvalue weighted by Gasteiger charge is 2.29. The van der Waals surface area contributed by atoms with Crippen molar-refractivity contribution in [2.45, 2.75) is 32.3 Å². The number of aliphatic hydroxyl groups is 1. The summed E-state index contributed by atoms with van der Waals surface area (Å²) in [5.41, 5.74) is 0. The van der Waals surface area contributed by atoms with Crippen LogP contribution in [0.1, 0.15) is 26.2 Å². The molecule has 0 unspecified atom stereocenters. The highest BCUT2D eigenvalue weighted by atomic mass is 16.4. The van der Waals surface area contributed by atoms with E-state index in [1.807, 2.05) is 6.92 Å². The van der Waals surface area contributed by atoms with Crippen LogP contribution in [0, 0.1) is 11.8 Å². The molecule has 0 amide bonds. The molecular weight excluding hydrogens is 144 g/mol. The SMILES string of the molecule is C[C@H]1C[C@@H](O)C[C@@H](C(=O)O)C1. The van der Waals surface area contributed by atoms with E-state index in [1.54, 1.807) is 0 Å². The maximum atomic E-state index is 10.5. The van der Waals surface area contributed by atoms with E-state index in [9.17, 15) is 9.90 Å². The van der Waals surface area contributed by atoms with Gasteiger partial charge in [0.2, 0.25) is 0 Å². The average molecular weight is 158 g/mol. The monoisotopic (exact) mass is 158 g/mol. The van der Waals surface area contributed by atoms with Gasteiger partial charge in [-0.05, 0) is 25.2 Å². The Kier molecular flexibility index (Phi) is 2.49. The quantitative estimate of drug-likeness (QED) is 0.595. The van der Waals surface area contributed by atoms with Crippen LogP contribution < -0.4 is 0 Å². The lowest BCUT2D eigenvalue weighted by molar-refractivity contribution is -0.144. The van der Waals surface area contributed by atoms with Gasteiger partial charge in [-0.1, -0.05) is 6.92 Å². The predicted molar refractivity (Wildman–Crippen MR) is 40.1 cm³/mol. The summed E-state index contributed by atoms with van der Waals surface area (Å²) in [6.45, 7) is 1.98. The van der Waals surface area contributed by atoms with Crippen LogP contribution in [0.3, 0.4) is 0 Å². The lowest BCUT2D eigenvalue weighted by Gasteiger charge is -2.27. The number of hydrogen-bond donors (Lipinski definition) is 2. The maximum absolute atomic E-state index is 10.5. The van der Waals surface area contributed by atoms with E-state index in [2.05, 4.69) is 0 Å². The van der Waals surface area contributed by atoms with Gasteiger partial charge in [0.1, 0.15) is 0 Å². The zero-order valence-corrected chi connectivity index (χ0v) is 6.66. The first-order valence-corrected chi connectivity index (χ1v) is 4.00. The average Bonchev–Trinajstić information content (AvgIpc) is 1.85. The zero-order chi connectivity index (χ0) is 8.43. The Morgan fingerprint density at radius 2 is 2.00 bits per heavy atom. The third-order valence-electron chi connectivity index (χ3n) is 2.27. The van der Waals surface area contributed by atoms with Crippen LogP contribution in [0.15, 0.2) is 0 Å². The predicted octanol–water partition coefficient (Wildman–Crippen LogP) is 0.868. The molecule has 3 nitrogen and oxygen atoms in total. The summed E-state index contributed by atoms with van der Waals surface area (Å²) in [6, 6.07) is 0. The Hall–Kier alpha value is -0.570. The molecule has 0 radical (unpaired) electrons. The van der Waals surface area contributed by atoms with Gasteiger partial charge in [0.15, 0.2) is 0 Å². The van der Waals surface area contributed by atoms with E-state index in [-0.39, 0.29) is 5.92 Å². The standard InChI is InChI=1S/C8H14O3/c1-5-2-6(8(10)11)4-7(9)3-5/h5-7,9H,2-4H2,1H3,(H,10,11)/t5-,6+,7-/m1/s1. The Morgan fingerprint density at radius 3 is 2.45 bits per heavy atom. The lowest BCUT2D eigenvalue weighted by atomic mass is 9.81. The van der Waals surface area contributed by atoms with Crippen molar-refractivity contribution in [2.24, 2.45) is 11.8 Å². The number of carbonyl (C=O) groups is 1. The van der Waals surface area contributed by atoms with Gasteiger partial charge in [-0.3, -0.25) is 4.79 Å². The van der Waals surface area contributed by atoms with Gasteiger partial charge in [0.05, 0.1) is 12.0 Å². The molecule has 0 spiro atoms. The van der Waals surface area contributed by atoms with Crippen LogP contribution in [0.5, 0.6) is 0 Å². The van der Waals surface area contributed by atoms with Crippen molar-refractivity contribution in [3.63, 3.8) is 0 Å². The molecule has 0 heterocycles. The highest BCUT2D eigenvalue weighted by molar-refractivity contribution is 5.70. The largest absolute Gasteiger partial charge is 0.481 e. The number of rotatable bonds is 1. The van der Waals surface area contributed by atoms with Crippen LogP contribution in [0.4, 0.5) is 0 Å². The molecular formula is C8H14O3. The first-order valence-electron chi connectivity index (χ1n) is 4.00. The molecule has 1 aliphatic rings. The smallest absolute Gasteiger partial charge is 0.306 e. The van der Waals surface area contributed by atoms with Crippen molar-refractivity contribution in [1.82, 2.24) is 0 Å². The Balaban J connectivity index is 2.49. The van der Waals surface area contributed by atoms with Gasteiger partial charge in [-0.25, -0.2) is 0 Å². The normalized spacial score (nSPS) is 38.5. The van der Waals surface area contributed by atoms with Gasteiger partial charge >= 0.3 is 5.97 Å². The lowest BCUT2D eigenvalue weighted by Crippen LogP contribution is -2.29. The van der Waals surface area contributed by atoms with Crippen LogP contribution in [0.2, 0.25) is 0 Å². The third kappa shape index (κ3) is 2.19. The van der Waals surface area contributed by atoms with Gasteiger partial charge in [-0.2, -0.15) is 0 Å². The molecule has 64 valence electrons. The second-order valence-electron chi connectivity index (χ2n) is 3.50. The first kappa shape index (κ1) is 8.53. The molecule has 1 aliphatic carbocycles. The van der Waals surface area contributed by atoms with E-state index < -0.39 is 12.1 Å². The van der Waals surface area contributed by atoms with E-state index in [4.69, 9.17) is 5.11 Å². The Labute approximate surface area is 66.0 Å². The molecule has 0 aromatic rings. The van der Waals surface area contributed by atoms with E-state index in [0.717, 1.165) is 6.42 Å². The molecule has 1 saturated carbocycles. The molecule has 0 bridgehead atoms. The van der Waals surface area contributed by atoms with Crippen molar-refractivity contribution in [3.8, 4) is 0 Å². The minimum absolute atomic E-state index is 0.325. The summed E-state index contributed by atoms with van der Waals surface area (Å²) in [5, 5.41) is 17.9. The van der Waals surface area contributed by atoms with E-state index in [0.29, 0.717) is 18.8 Å². The second kappa shape index (κ2) is 3.22. The molecule has 0 aromatic heterocycles. The minimum atomic E-state index is -0.768. The molecule has 0 saturated heterocycles. The fourth-order valence-corrected chi connectivity index (χ4v) is 1.77. The number of carboxylic acids is 1. The second-order valence-corrected chi connectivity index (χ2v) is 3.50. The first-order chi connectivity index (χ1) is 5.09. The van der Waals surface area contributed by atoms with Crippen molar-refractivity contribution >= 4 is 5.97 Å². The fourth-order valence-electron chi connectivity index (χ4n) is 1.77. The fraction of sp³-hybridized carbons (Fsp3) is 0.875. The van der Waals surface area contributed by atoms with Crippen molar-refractivity contribution in [1.29, 1.82) is 0 Å². The van der Waals surface area contributed by atoms with Gasteiger partial charge in [0.25, 0.3) is 0 Å². The van der Waals surface area contributed by atoms with Crippen LogP contribution in [0.25, 0.3) is 0 Å². The summed E-state index contributed by atoms with van der Waals surface area (Å²) in [4.78, 5) is 10.5. The minimum Gasteiger partial charge on any atom is -0.481 e. The highest BCUT2D eigenvalue weighted by Crippen LogP contribution is 2.28. The number of carboxylic acid groups (broad SMARTS) is 1. The van der Waals surface area contributed by atoms with Crippen LogP contribution in [-0.4, -0.2) is 22.3 Å². The van der Waals surface area contributed by atoms with Crippen molar-refractivity contribution in [3.05, 3.63) is 0 Å². The number of aliphatic carboxylic acids is 1. The zero-order valence-electron chi connectivity index (χ0n) is 6.66. The Morgan fingerprint density at radius 1 is 1.36 bits per heavy atom. The Bertz CT molecular complexity index is 145. The summed E-state index contributed by atoms with van der Waals surface area (Å²) in [7, 11) is 0.